The molecule has 3 unspecified atom stereocenters. The smallest absolute Gasteiger partial charge is 0.235 e. The normalized spacial score (nSPS) is 19.4. The first-order chi connectivity index (χ1) is 17.4. The zero-order valence-electron chi connectivity index (χ0n) is 21.9. The Morgan fingerprint density at radius 1 is 1.00 bits per heavy atom. The Balaban J connectivity index is 0.000000967. The summed E-state index contributed by atoms with van der Waals surface area (Å²) in [7, 11) is 0. The molecule has 0 spiro atoms. The van der Waals surface area contributed by atoms with Gasteiger partial charge in [0.25, 0.3) is 0 Å². The number of nitrogens with zero attached hydrogens (tertiary/aromatic N) is 1. The van der Waals surface area contributed by atoms with Gasteiger partial charge in [0.05, 0.1) is 6.04 Å². The van der Waals surface area contributed by atoms with Crippen LogP contribution in [0.1, 0.15) is 73.6 Å². The van der Waals surface area contributed by atoms with Crippen LogP contribution in [0.5, 0.6) is 11.5 Å². The summed E-state index contributed by atoms with van der Waals surface area (Å²) in [5, 5.41) is 0. The predicted octanol–water partition coefficient (Wildman–Crippen LogP) is 6.29. The van der Waals surface area contributed by atoms with E-state index in [-0.39, 0.29) is 24.1 Å². The van der Waals surface area contributed by atoms with Crippen molar-refractivity contribution in [2.24, 2.45) is 5.73 Å². The molecular formula is C31H38N2O3. The summed E-state index contributed by atoms with van der Waals surface area (Å²) < 4.78 is 12.5. The first-order valence-corrected chi connectivity index (χ1v) is 13.1. The van der Waals surface area contributed by atoms with Crippen molar-refractivity contribution in [2.75, 3.05) is 6.61 Å². The molecule has 0 radical (unpaired) electrons. The van der Waals surface area contributed by atoms with Crippen LogP contribution in [0.3, 0.4) is 0 Å². The van der Waals surface area contributed by atoms with Crippen molar-refractivity contribution < 1.29 is 14.3 Å². The van der Waals surface area contributed by atoms with Crippen molar-refractivity contribution in [2.45, 2.75) is 71.7 Å². The van der Waals surface area contributed by atoms with E-state index in [2.05, 4.69) is 75.1 Å². The third-order valence-corrected chi connectivity index (χ3v) is 6.84. The zero-order valence-corrected chi connectivity index (χ0v) is 21.9. The maximum atomic E-state index is 12.5. The lowest BCUT2D eigenvalue weighted by Crippen LogP contribution is -2.49. The average molecular weight is 487 g/mol. The highest BCUT2D eigenvalue weighted by atomic mass is 16.6. The van der Waals surface area contributed by atoms with Crippen molar-refractivity contribution >= 4 is 5.91 Å². The van der Waals surface area contributed by atoms with E-state index in [1.54, 1.807) is 0 Å². The Hall–Kier alpha value is -3.31. The van der Waals surface area contributed by atoms with Gasteiger partial charge in [0.1, 0.15) is 6.61 Å². The highest BCUT2D eigenvalue weighted by molar-refractivity contribution is 5.81. The number of fused-ring (bicyclic) bond motifs is 2. The van der Waals surface area contributed by atoms with Crippen LogP contribution in [0.4, 0.5) is 0 Å². The molecule has 5 rings (SSSR count). The zero-order chi connectivity index (χ0) is 25.7. The number of carbonyl (C=O) groups excluding carboxylic acids is 1. The average Bonchev–Trinajstić information content (AvgIpc) is 2.89. The van der Waals surface area contributed by atoms with Gasteiger partial charge in [-0.25, -0.2) is 0 Å². The standard InChI is InChI=1S/C28H30N2O3.C3H8/c1-3-23(19-7-5-4-6-8-19)30-16-22-15-26-25(14-21(22)13-24(30)28(29)31)32-17-27(33-26)20-11-9-18(2)10-12-20;1-3-2/h4-12,14-15,23-24,27H,3,13,16-17H2,1-2H3,(H2,29,31);3H2,1-2H3. The van der Waals surface area contributed by atoms with Crippen molar-refractivity contribution in [1.29, 1.82) is 0 Å². The Labute approximate surface area is 215 Å². The summed E-state index contributed by atoms with van der Waals surface area (Å²) in [6, 6.07) is 22.6. The molecule has 1 amide bonds. The van der Waals surface area contributed by atoms with E-state index in [0.29, 0.717) is 19.6 Å². The van der Waals surface area contributed by atoms with Crippen LogP contribution >= 0.6 is 0 Å². The fourth-order valence-corrected chi connectivity index (χ4v) is 5.05. The van der Waals surface area contributed by atoms with Crippen LogP contribution in [-0.2, 0) is 17.8 Å². The minimum Gasteiger partial charge on any atom is -0.485 e. The molecule has 190 valence electrons. The number of rotatable bonds is 5. The highest BCUT2D eigenvalue weighted by Gasteiger charge is 2.36. The van der Waals surface area contributed by atoms with E-state index in [4.69, 9.17) is 15.2 Å². The molecule has 2 heterocycles. The lowest BCUT2D eigenvalue weighted by molar-refractivity contribution is -0.125. The summed E-state index contributed by atoms with van der Waals surface area (Å²) in [6.45, 7) is 9.59. The molecular weight excluding hydrogens is 448 g/mol. The molecule has 0 saturated carbocycles. The second kappa shape index (κ2) is 11.6. The molecule has 0 aliphatic carbocycles. The van der Waals surface area contributed by atoms with E-state index < -0.39 is 0 Å². The lowest BCUT2D eigenvalue weighted by Gasteiger charge is -2.41. The van der Waals surface area contributed by atoms with Gasteiger partial charge >= 0.3 is 0 Å². The van der Waals surface area contributed by atoms with Gasteiger partial charge in [0.2, 0.25) is 5.91 Å². The van der Waals surface area contributed by atoms with E-state index in [0.717, 1.165) is 34.6 Å². The number of nitrogens with two attached hydrogens (primary N) is 1. The molecule has 0 fully saturated rings. The van der Waals surface area contributed by atoms with Gasteiger partial charge in [-0.05, 0) is 54.2 Å². The molecule has 3 aromatic rings. The summed E-state index contributed by atoms with van der Waals surface area (Å²) in [5.41, 5.74) is 11.7. The molecule has 5 heteroatoms. The summed E-state index contributed by atoms with van der Waals surface area (Å²) in [5.74, 6) is 1.21. The number of primary amides is 1. The number of aryl methyl sites for hydroxylation is 1. The monoisotopic (exact) mass is 486 g/mol. The second-order valence-corrected chi connectivity index (χ2v) is 9.73. The SMILES string of the molecule is CCC.CCC(c1ccccc1)N1Cc2cc3c(cc2CC1C(N)=O)OCC(c1ccc(C)cc1)O3. The third-order valence-electron chi connectivity index (χ3n) is 6.84. The van der Waals surface area contributed by atoms with E-state index in [9.17, 15) is 4.79 Å². The third kappa shape index (κ3) is 5.57. The lowest BCUT2D eigenvalue weighted by atomic mass is 9.89. The van der Waals surface area contributed by atoms with Crippen molar-refractivity contribution in [3.05, 3.63) is 94.5 Å². The minimum atomic E-state index is -0.356. The number of hydrogen-bond donors (Lipinski definition) is 1. The van der Waals surface area contributed by atoms with Gasteiger partial charge in [-0.15, -0.1) is 0 Å². The van der Waals surface area contributed by atoms with Gasteiger partial charge in [-0.1, -0.05) is 87.4 Å². The number of ether oxygens (including phenoxy) is 2. The molecule has 0 saturated heterocycles. The van der Waals surface area contributed by atoms with Gasteiger partial charge in [-0.3, -0.25) is 9.69 Å². The maximum Gasteiger partial charge on any atom is 0.235 e. The van der Waals surface area contributed by atoms with Crippen molar-refractivity contribution in [3.63, 3.8) is 0 Å². The molecule has 2 aliphatic rings. The molecule has 3 aromatic carbocycles. The van der Waals surface area contributed by atoms with E-state index >= 15 is 0 Å². The number of hydrogen-bond acceptors (Lipinski definition) is 4. The van der Waals surface area contributed by atoms with Crippen LogP contribution < -0.4 is 15.2 Å². The highest BCUT2D eigenvalue weighted by Crippen LogP contribution is 2.42. The van der Waals surface area contributed by atoms with Gasteiger partial charge in [-0.2, -0.15) is 0 Å². The largest absolute Gasteiger partial charge is 0.485 e. The Bertz CT molecular complexity index is 1160. The molecule has 2 aliphatic heterocycles. The Kier molecular flexibility index (Phi) is 8.32. The van der Waals surface area contributed by atoms with E-state index in [1.165, 1.54) is 17.5 Å². The molecule has 2 N–H and O–H groups in total. The predicted molar refractivity (Wildman–Crippen MR) is 144 cm³/mol. The van der Waals surface area contributed by atoms with Gasteiger partial charge in [0, 0.05) is 12.6 Å². The molecule has 0 bridgehead atoms. The van der Waals surface area contributed by atoms with Crippen LogP contribution in [-0.4, -0.2) is 23.5 Å². The van der Waals surface area contributed by atoms with Crippen LogP contribution in [0.2, 0.25) is 0 Å². The van der Waals surface area contributed by atoms with Crippen LogP contribution in [0, 0.1) is 6.92 Å². The fourth-order valence-electron chi connectivity index (χ4n) is 5.05. The summed E-state index contributed by atoms with van der Waals surface area (Å²) >= 11 is 0. The van der Waals surface area contributed by atoms with Crippen molar-refractivity contribution in [3.8, 4) is 11.5 Å². The Morgan fingerprint density at radius 3 is 2.31 bits per heavy atom. The topological polar surface area (TPSA) is 64.8 Å². The molecule has 36 heavy (non-hydrogen) atoms. The maximum absolute atomic E-state index is 12.5. The molecule has 5 nitrogen and oxygen atoms in total. The van der Waals surface area contributed by atoms with Crippen LogP contribution in [0.25, 0.3) is 0 Å². The number of amides is 1. The number of benzene rings is 3. The fraction of sp³-hybridized carbons (Fsp3) is 0.387. The van der Waals surface area contributed by atoms with Crippen molar-refractivity contribution in [1.82, 2.24) is 4.90 Å². The van der Waals surface area contributed by atoms with Gasteiger partial charge in [0.15, 0.2) is 17.6 Å². The first-order valence-electron chi connectivity index (χ1n) is 13.1. The summed E-state index contributed by atoms with van der Waals surface area (Å²) in [4.78, 5) is 14.7. The first kappa shape index (κ1) is 25.8. The van der Waals surface area contributed by atoms with Crippen LogP contribution in [0.15, 0.2) is 66.7 Å². The number of carbonyl (C=O) groups is 1. The second-order valence-electron chi connectivity index (χ2n) is 9.73. The summed E-state index contributed by atoms with van der Waals surface area (Å²) in [6.07, 6.45) is 2.58. The molecule has 3 atom stereocenters. The molecule has 0 aromatic heterocycles. The quantitative estimate of drug-likeness (QED) is 0.460. The Morgan fingerprint density at radius 2 is 1.67 bits per heavy atom. The minimum absolute atomic E-state index is 0.116. The van der Waals surface area contributed by atoms with E-state index in [1.807, 2.05) is 24.3 Å². The van der Waals surface area contributed by atoms with Gasteiger partial charge < -0.3 is 15.2 Å².